The van der Waals surface area contributed by atoms with Crippen LogP contribution in [0, 0.1) is 5.41 Å². The highest BCUT2D eigenvalue weighted by molar-refractivity contribution is 5.76. The van der Waals surface area contributed by atoms with Crippen molar-refractivity contribution in [3.63, 3.8) is 0 Å². The van der Waals surface area contributed by atoms with Gasteiger partial charge < -0.3 is 10.1 Å². The van der Waals surface area contributed by atoms with Crippen LogP contribution in [0.25, 0.3) is 0 Å². The summed E-state index contributed by atoms with van der Waals surface area (Å²) in [4.78, 5) is 11.4. The molecule has 0 spiro atoms. The maximum Gasteiger partial charge on any atom is 0.312 e. The molecule has 0 heterocycles. The van der Waals surface area contributed by atoms with Crippen LogP contribution in [0.4, 0.5) is 0 Å². The lowest BCUT2D eigenvalue weighted by molar-refractivity contribution is -0.150. The first-order valence-electron chi connectivity index (χ1n) is 5.89. The maximum atomic E-state index is 11.4. The molecular weight excluding hydrogens is 214 g/mol. The van der Waals surface area contributed by atoms with E-state index in [1.807, 2.05) is 32.0 Å². The molecular formula is C14H21NO2. The number of hydrogen-bond donors (Lipinski definition) is 1. The Balaban J connectivity index is 2.27. The van der Waals surface area contributed by atoms with Crippen LogP contribution in [0.5, 0.6) is 0 Å². The van der Waals surface area contributed by atoms with Gasteiger partial charge in [-0.15, -0.1) is 0 Å². The molecule has 3 heteroatoms. The smallest absolute Gasteiger partial charge is 0.312 e. The van der Waals surface area contributed by atoms with Gasteiger partial charge in [-0.25, -0.2) is 0 Å². The summed E-state index contributed by atoms with van der Waals surface area (Å²) in [5.74, 6) is -0.176. The molecule has 0 aliphatic rings. The van der Waals surface area contributed by atoms with Crippen molar-refractivity contribution in [2.75, 3.05) is 20.2 Å². The van der Waals surface area contributed by atoms with Gasteiger partial charge in [0.15, 0.2) is 0 Å². The molecule has 0 bridgehead atoms. The summed E-state index contributed by atoms with van der Waals surface area (Å²) in [7, 11) is 1.42. The second-order valence-electron chi connectivity index (χ2n) is 4.79. The summed E-state index contributed by atoms with van der Waals surface area (Å²) in [6.07, 6.45) is 0.970. The molecule has 1 aromatic rings. The van der Waals surface area contributed by atoms with Gasteiger partial charge in [-0.3, -0.25) is 4.79 Å². The highest BCUT2D eigenvalue weighted by Crippen LogP contribution is 2.15. The van der Waals surface area contributed by atoms with Gasteiger partial charge in [0.1, 0.15) is 0 Å². The van der Waals surface area contributed by atoms with Crippen LogP contribution in [0.3, 0.4) is 0 Å². The number of ether oxygens (including phenoxy) is 1. The predicted octanol–water partition coefficient (Wildman–Crippen LogP) is 2.02. The lowest BCUT2D eigenvalue weighted by Gasteiger charge is -2.21. The first-order valence-corrected chi connectivity index (χ1v) is 5.89. The van der Waals surface area contributed by atoms with E-state index < -0.39 is 5.41 Å². The van der Waals surface area contributed by atoms with E-state index in [1.165, 1.54) is 12.7 Å². The molecule has 0 atom stereocenters. The zero-order valence-electron chi connectivity index (χ0n) is 10.8. The van der Waals surface area contributed by atoms with E-state index in [9.17, 15) is 4.79 Å². The highest BCUT2D eigenvalue weighted by Gasteiger charge is 2.27. The van der Waals surface area contributed by atoms with Crippen molar-refractivity contribution in [2.24, 2.45) is 5.41 Å². The number of esters is 1. The molecule has 0 unspecified atom stereocenters. The van der Waals surface area contributed by atoms with Crippen molar-refractivity contribution < 1.29 is 9.53 Å². The SMILES string of the molecule is COC(=O)C(C)(C)CNCCc1ccccc1. The monoisotopic (exact) mass is 235 g/mol. The molecule has 3 nitrogen and oxygen atoms in total. The Bertz CT molecular complexity index is 346. The number of carbonyl (C=O) groups is 1. The van der Waals surface area contributed by atoms with Crippen LogP contribution >= 0.6 is 0 Å². The van der Waals surface area contributed by atoms with E-state index in [4.69, 9.17) is 4.74 Å². The number of rotatable bonds is 6. The number of hydrogen-bond acceptors (Lipinski definition) is 3. The summed E-state index contributed by atoms with van der Waals surface area (Å²) in [5, 5.41) is 3.29. The predicted molar refractivity (Wildman–Crippen MR) is 68.8 cm³/mol. The minimum atomic E-state index is -0.467. The van der Waals surface area contributed by atoms with E-state index in [0.717, 1.165) is 13.0 Å². The van der Waals surface area contributed by atoms with E-state index in [-0.39, 0.29) is 5.97 Å². The Labute approximate surface area is 103 Å². The molecule has 0 radical (unpaired) electrons. The van der Waals surface area contributed by atoms with Crippen molar-refractivity contribution in [1.82, 2.24) is 5.32 Å². The summed E-state index contributed by atoms with van der Waals surface area (Å²) >= 11 is 0. The van der Waals surface area contributed by atoms with Gasteiger partial charge in [-0.05, 0) is 32.4 Å². The summed E-state index contributed by atoms with van der Waals surface area (Å²) in [5.41, 5.74) is 0.835. The van der Waals surface area contributed by atoms with Crippen LogP contribution in [0.15, 0.2) is 30.3 Å². The van der Waals surface area contributed by atoms with E-state index in [2.05, 4.69) is 17.4 Å². The fraction of sp³-hybridized carbons (Fsp3) is 0.500. The first-order chi connectivity index (χ1) is 8.06. The van der Waals surface area contributed by atoms with Crippen LogP contribution in [0.2, 0.25) is 0 Å². The lowest BCUT2D eigenvalue weighted by atomic mass is 9.94. The van der Waals surface area contributed by atoms with Crippen molar-refractivity contribution >= 4 is 5.97 Å². The molecule has 0 amide bonds. The van der Waals surface area contributed by atoms with Crippen molar-refractivity contribution in [3.05, 3.63) is 35.9 Å². The molecule has 0 fully saturated rings. The van der Waals surface area contributed by atoms with Crippen LogP contribution in [0.1, 0.15) is 19.4 Å². The normalized spacial score (nSPS) is 11.2. The number of benzene rings is 1. The fourth-order valence-corrected chi connectivity index (χ4v) is 1.63. The summed E-state index contributed by atoms with van der Waals surface area (Å²) in [6.45, 7) is 5.26. The Kier molecular flexibility index (Phi) is 5.16. The number of nitrogens with one attached hydrogen (secondary N) is 1. The third-order valence-corrected chi connectivity index (χ3v) is 2.74. The molecule has 0 aliphatic carbocycles. The number of methoxy groups -OCH3 is 1. The molecule has 1 rings (SSSR count). The zero-order valence-corrected chi connectivity index (χ0v) is 10.8. The number of carbonyl (C=O) groups excluding carboxylic acids is 1. The lowest BCUT2D eigenvalue weighted by Crippen LogP contribution is -2.37. The maximum absolute atomic E-state index is 11.4. The Morgan fingerprint density at radius 1 is 1.29 bits per heavy atom. The van der Waals surface area contributed by atoms with Crippen molar-refractivity contribution in [2.45, 2.75) is 20.3 Å². The van der Waals surface area contributed by atoms with Crippen LogP contribution in [-0.4, -0.2) is 26.2 Å². The molecule has 1 aromatic carbocycles. The average Bonchev–Trinajstić information content (AvgIpc) is 2.35. The van der Waals surface area contributed by atoms with E-state index in [0.29, 0.717) is 6.54 Å². The summed E-state index contributed by atoms with van der Waals surface area (Å²) < 4.78 is 4.75. The second-order valence-corrected chi connectivity index (χ2v) is 4.79. The highest BCUT2D eigenvalue weighted by atomic mass is 16.5. The van der Waals surface area contributed by atoms with Gasteiger partial charge in [0, 0.05) is 6.54 Å². The Morgan fingerprint density at radius 2 is 1.94 bits per heavy atom. The van der Waals surface area contributed by atoms with Crippen LogP contribution < -0.4 is 5.32 Å². The topological polar surface area (TPSA) is 38.3 Å². The zero-order chi connectivity index (χ0) is 12.7. The molecule has 0 saturated carbocycles. The molecule has 0 aromatic heterocycles. The second kappa shape index (κ2) is 6.40. The van der Waals surface area contributed by atoms with Gasteiger partial charge in [-0.1, -0.05) is 30.3 Å². The minimum Gasteiger partial charge on any atom is -0.469 e. The molecule has 0 saturated heterocycles. The quantitative estimate of drug-likeness (QED) is 0.605. The minimum absolute atomic E-state index is 0.176. The van der Waals surface area contributed by atoms with Gasteiger partial charge >= 0.3 is 5.97 Å². The third kappa shape index (κ3) is 4.57. The van der Waals surface area contributed by atoms with Gasteiger partial charge in [0.05, 0.1) is 12.5 Å². The Hall–Kier alpha value is -1.35. The van der Waals surface area contributed by atoms with E-state index in [1.54, 1.807) is 0 Å². The van der Waals surface area contributed by atoms with E-state index >= 15 is 0 Å². The van der Waals surface area contributed by atoms with Gasteiger partial charge in [0.2, 0.25) is 0 Å². The molecule has 0 aliphatic heterocycles. The standard InChI is InChI=1S/C14H21NO2/c1-14(2,13(16)17-3)11-15-10-9-12-7-5-4-6-8-12/h4-8,15H,9-11H2,1-3H3. The largest absolute Gasteiger partial charge is 0.469 e. The Morgan fingerprint density at radius 3 is 2.53 bits per heavy atom. The first kappa shape index (κ1) is 13.7. The van der Waals surface area contributed by atoms with Gasteiger partial charge in [0.25, 0.3) is 0 Å². The molecule has 1 N–H and O–H groups in total. The summed E-state index contributed by atoms with van der Waals surface area (Å²) in [6, 6.07) is 10.3. The van der Waals surface area contributed by atoms with Crippen molar-refractivity contribution in [1.29, 1.82) is 0 Å². The fourth-order valence-electron chi connectivity index (χ4n) is 1.63. The van der Waals surface area contributed by atoms with Crippen LogP contribution in [-0.2, 0) is 16.0 Å². The van der Waals surface area contributed by atoms with Crippen molar-refractivity contribution in [3.8, 4) is 0 Å². The molecule has 94 valence electrons. The average molecular weight is 235 g/mol. The van der Waals surface area contributed by atoms with Gasteiger partial charge in [-0.2, -0.15) is 0 Å². The molecule has 17 heavy (non-hydrogen) atoms. The third-order valence-electron chi connectivity index (χ3n) is 2.74.